The standard InChI is InChI=1S/C11H19N3OS/c1-8-4-5-9(2)14(8)11-12-10(13-16-11)6-7-15-3/h8-9H,4-7H2,1-3H3/t8-,9-/m0/s1. The van der Waals surface area contributed by atoms with Crippen molar-refractivity contribution in [2.24, 2.45) is 0 Å². The quantitative estimate of drug-likeness (QED) is 0.809. The molecule has 1 aliphatic heterocycles. The maximum absolute atomic E-state index is 5.03. The van der Waals surface area contributed by atoms with Crippen molar-refractivity contribution in [3.8, 4) is 0 Å². The lowest BCUT2D eigenvalue weighted by molar-refractivity contribution is 0.201. The molecule has 0 unspecified atom stereocenters. The molecule has 2 rings (SSSR count). The van der Waals surface area contributed by atoms with Crippen LogP contribution >= 0.6 is 11.5 Å². The maximum Gasteiger partial charge on any atom is 0.205 e. The molecule has 0 N–H and O–H groups in total. The van der Waals surface area contributed by atoms with E-state index < -0.39 is 0 Å². The normalized spacial score (nSPS) is 25.3. The van der Waals surface area contributed by atoms with E-state index in [1.807, 2.05) is 0 Å². The molecule has 1 aromatic heterocycles. The number of aromatic nitrogens is 2. The Balaban J connectivity index is 2.06. The Labute approximate surface area is 101 Å². The van der Waals surface area contributed by atoms with Gasteiger partial charge >= 0.3 is 0 Å². The predicted octanol–water partition coefficient (Wildman–Crippen LogP) is 2.10. The smallest absolute Gasteiger partial charge is 0.205 e. The first-order valence-corrected chi connectivity index (χ1v) is 6.59. The van der Waals surface area contributed by atoms with Crippen LogP contribution < -0.4 is 4.90 Å². The van der Waals surface area contributed by atoms with Crippen LogP contribution in [0.15, 0.2) is 0 Å². The zero-order valence-corrected chi connectivity index (χ0v) is 11.0. The van der Waals surface area contributed by atoms with Gasteiger partial charge in [-0.05, 0) is 26.7 Å². The van der Waals surface area contributed by atoms with Crippen LogP contribution in [0.4, 0.5) is 5.13 Å². The number of ether oxygens (including phenoxy) is 1. The van der Waals surface area contributed by atoms with Gasteiger partial charge in [-0.1, -0.05) is 0 Å². The van der Waals surface area contributed by atoms with E-state index in [1.54, 1.807) is 7.11 Å². The third-order valence-corrected chi connectivity index (χ3v) is 3.93. The summed E-state index contributed by atoms with van der Waals surface area (Å²) in [5.41, 5.74) is 0. The third kappa shape index (κ3) is 2.35. The van der Waals surface area contributed by atoms with Crippen LogP contribution in [-0.2, 0) is 11.2 Å². The molecule has 2 heterocycles. The van der Waals surface area contributed by atoms with Gasteiger partial charge in [0, 0.05) is 37.1 Å². The fraction of sp³-hybridized carbons (Fsp3) is 0.818. The monoisotopic (exact) mass is 241 g/mol. The van der Waals surface area contributed by atoms with Crippen LogP contribution in [0.2, 0.25) is 0 Å². The van der Waals surface area contributed by atoms with Crippen LogP contribution in [-0.4, -0.2) is 35.2 Å². The fourth-order valence-corrected chi connectivity index (χ4v) is 3.14. The summed E-state index contributed by atoms with van der Waals surface area (Å²) in [6.45, 7) is 5.22. The molecular weight excluding hydrogens is 222 g/mol. The van der Waals surface area contributed by atoms with Gasteiger partial charge in [0.2, 0.25) is 5.13 Å². The van der Waals surface area contributed by atoms with E-state index in [0.29, 0.717) is 18.7 Å². The maximum atomic E-state index is 5.03. The molecule has 0 aromatic carbocycles. The van der Waals surface area contributed by atoms with Crippen molar-refractivity contribution in [3.05, 3.63) is 5.82 Å². The molecule has 4 nitrogen and oxygen atoms in total. The van der Waals surface area contributed by atoms with Crippen LogP contribution in [0.1, 0.15) is 32.5 Å². The molecule has 1 fully saturated rings. The van der Waals surface area contributed by atoms with E-state index in [4.69, 9.17) is 4.74 Å². The third-order valence-electron chi connectivity index (χ3n) is 3.16. The van der Waals surface area contributed by atoms with E-state index >= 15 is 0 Å². The Morgan fingerprint density at radius 2 is 2.06 bits per heavy atom. The van der Waals surface area contributed by atoms with Gasteiger partial charge in [-0.3, -0.25) is 0 Å². The Hall–Kier alpha value is -0.680. The summed E-state index contributed by atoms with van der Waals surface area (Å²) < 4.78 is 9.41. The zero-order valence-electron chi connectivity index (χ0n) is 10.1. The Bertz CT molecular complexity index is 332. The van der Waals surface area contributed by atoms with Crippen LogP contribution in [0.5, 0.6) is 0 Å². The molecular formula is C11H19N3OS. The van der Waals surface area contributed by atoms with Crippen LogP contribution in [0, 0.1) is 0 Å². The molecule has 1 aliphatic rings. The van der Waals surface area contributed by atoms with Gasteiger partial charge < -0.3 is 9.64 Å². The average molecular weight is 241 g/mol. The highest BCUT2D eigenvalue weighted by atomic mass is 32.1. The van der Waals surface area contributed by atoms with Gasteiger partial charge in [-0.25, -0.2) is 4.98 Å². The van der Waals surface area contributed by atoms with E-state index in [9.17, 15) is 0 Å². The lowest BCUT2D eigenvalue weighted by Crippen LogP contribution is -2.32. The van der Waals surface area contributed by atoms with Crippen molar-refractivity contribution < 1.29 is 4.74 Å². The van der Waals surface area contributed by atoms with E-state index in [2.05, 4.69) is 28.1 Å². The summed E-state index contributed by atoms with van der Waals surface area (Å²) in [7, 11) is 1.71. The van der Waals surface area contributed by atoms with Crippen LogP contribution in [0.3, 0.4) is 0 Å². The second kappa shape index (κ2) is 5.10. The highest BCUT2D eigenvalue weighted by Crippen LogP contribution is 2.31. The lowest BCUT2D eigenvalue weighted by atomic mass is 10.2. The summed E-state index contributed by atoms with van der Waals surface area (Å²) in [5.74, 6) is 0.910. The fourth-order valence-electron chi connectivity index (χ4n) is 2.22. The average Bonchev–Trinajstić information content (AvgIpc) is 2.83. The second-order valence-electron chi connectivity index (χ2n) is 4.42. The molecule has 0 radical (unpaired) electrons. The molecule has 0 saturated carbocycles. The second-order valence-corrected chi connectivity index (χ2v) is 5.15. The summed E-state index contributed by atoms with van der Waals surface area (Å²) in [5, 5.41) is 1.07. The van der Waals surface area contributed by atoms with Crippen LogP contribution in [0.25, 0.3) is 0 Å². The number of hydrogen-bond donors (Lipinski definition) is 0. The summed E-state index contributed by atoms with van der Waals surface area (Å²) in [6.07, 6.45) is 3.33. The van der Waals surface area contributed by atoms with Crippen molar-refractivity contribution >= 4 is 16.7 Å². The number of hydrogen-bond acceptors (Lipinski definition) is 5. The highest BCUT2D eigenvalue weighted by Gasteiger charge is 2.29. The molecule has 0 amide bonds. The SMILES string of the molecule is COCCc1nsc(N2[C@@H](C)CC[C@@H]2C)n1. The molecule has 0 bridgehead atoms. The van der Waals surface area contributed by atoms with Gasteiger partial charge in [0.1, 0.15) is 5.82 Å². The minimum Gasteiger partial charge on any atom is -0.384 e. The topological polar surface area (TPSA) is 38.2 Å². The molecule has 0 spiro atoms. The van der Waals surface area contributed by atoms with E-state index in [0.717, 1.165) is 17.4 Å². The van der Waals surface area contributed by atoms with Crippen molar-refractivity contribution in [3.63, 3.8) is 0 Å². The van der Waals surface area contributed by atoms with Gasteiger partial charge in [-0.15, -0.1) is 0 Å². The molecule has 5 heteroatoms. The summed E-state index contributed by atoms with van der Waals surface area (Å²) in [6, 6.07) is 1.19. The molecule has 1 saturated heterocycles. The first-order chi connectivity index (χ1) is 7.72. The number of methoxy groups -OCH3 is 1. The van der Waals surface area contributed by atoms with Crippen molar-refractivity contribution in [1.82, 2.24) is 9.36 Å². The molecule has 2 atom stereocenters. The number of rotatable bonds is 4. The Morgan fingerprint density at radius 1 is 1.38 bits per heavy atom. The summed E-state index contributed by atoms with van der Waals surface area (Å²) in [4.78, 5) is 6.98. The highest BCUT2D eigenvalue weighted by molar-refractivity contribution is 7.09. The van der Waals surface area contributed by atoms with Gasteiger partial charge in [-0.2, -0.15) is 4.37 Å². The number of anilines is 1. The molecule has 1 aromatic rings. The molecule has 0 aliphatic carbocycles. The minimum absolute atomic E-state index is 0.596. The van der Waals surface area contributed by atoms with Crippen molar-refractivity contribution in [2.45, 2.75) is 45.2 Å². The first kappa shape index (κ1) is 11.8. The molecule has 16 heavy (non-hydrogen) atoms. The molecule has 90 valence electrons. The minimum atomic E-state index is 0.596. The predicted molar refractivity (Wildman–Crippen MR) is 66.1 cm³/mol. The zero-order chi connectivity index (χ0) is 11.5. The van der Waals surface area contributed by atoms with E-state index in [1.165, 1.54) is 24.4 Å². The summed E-state index contributed by atoms with van der Waals surface area (Å²) >= 11 is 1.51. The van der Waals surface area contributed by atoms with Gasteiger partial charge in [0.25, 0.3) is 0 Å². The van der Waals surface area contributed by atoms with Crippen molar-refractivity contribution in [2.75, 3.05) is 18.6 Å². The van der Waals surface area contributed by atoms with E-state index in [-0.39, 0.29) is 0 Å². The first-order valence-electron chi connectivity index (χ1n) is 5.82. The Kier molecular flexibility index (Phi) is 3.76. The van der Waals surface area contributed by atoms with Crippen molar-refractivity contribution in [1.29, 1.82) is 0 Å². The largest absolute Gasteiger partial charge is 0.384 e. The number of nitrogens with zero attached hydrogens (tertiary/aromatic N) is 3. The van der Waals surface area contributed by atoms with Gasteiger partial charge in [0.05, 0.1) is 6.61 Å². The Morgan fingerprint density at radius 3 is 2.69 bits per heavy atom. The lowest BCUT2D eigenvalue weighted by Gasteiger charge is -2.24. The van der Waals surface area contributed by atoms with Gasteiger partial charge in [0.15, 0.2) is 0 Å².